The SMILES string of the molecule is C=C(C(=O)O)C(C)NC(=O)Nc1ccccc1. The van der Waals surface area contributed by atoms with Gasteiger partial charge in [-0.15, -0.1) is 0 Å². The Kier molecular flexibility index (Phi) is 4.28. The molecule has 2 amide bonds. The Hall–Kier alpha value is -2.30. The number of carbonyl (C=O) groups excluding carboxylic acids is 1. The Balaban J connectivity index is 2.51. The van der Waals surface area contributed by atoms with Gasteiger partial charge in [0.25, 0.3) is 0 Å². The van der Waals surface area contributed by atoms with E-state index in [2.05, 4.69) is 17.2 Å². The second-order valence-electron chi connectivity index (χ2n) is 3.52. The van der Waals surface area contributed by atoms with Crippen molar-refractivity contribution >= 4 is 17.7 Å². The van der Waals surface area contributed by atoms with Gasteiger partial charge in [0, 0.05) is 5.69 Å². The average molecular weight is 234 g/mol. The number of hydrogen-bond donors (Lipinski definition) is 3. The normalized spacial score (nSPS) is 11.4. The molecule has 0 bridgehead atoms. The van der Waals surface area contributed by atoms with Gasteiger partial charge in [0.15, 0.2) is 0 Å². The molecule has 0 fully saturated rings. The zero-order valence-corrected chi connectivity index (χ0v) is 9.43. The number of hydrogen-bond acceptors (Lipinski definition) is 2. The van der Waals surface area contributed by atoms with Gasteiger partial charge in [0.2, 0.25) is 0 Å². The van der Waals surface area contributed by atoms with Crippen LogP contribution in [0.5, 0.6) is 0 Å². The van der Waals surface area contributed by atoms with Crippen LogP contribution in [0.15, 0.2) is 42.5 Å². The second-order valence-corrected chi connectivity index (χ2v) is 3.52. The van der Waals surface area contributed by atoms with Crippen LogP contribution < -0.4 is 10.6 Å². The van der Waals surface area contributed by atoms with E-state index in [-0.39, 0.29) is 5.57 Å². The van der Waals surface area contributed by atoms with E-state index in [1.54, 1.807) is 31.2 Å². The minimum Gasteiger partial charge on any atom is -0.478 e. The third-order valence-electron chi connectivity index (χ3n) is 2.18. The first-order valence-electron chi connectivity index (χ1n) is 5.05. The summed E-state index contributed by atoms with van der Waals surface area (Å²) in [6.07, 6.45) is 0. The van der Waals surface area contributed by atoms with E-state index in [0.717, 1.165) is 0 Å². The summed E-state index contributed by atoms with van der Waals surface area (Å²) >= 11 is 0. The number of benzene rings is 1. The largest absolute Gasteiger partial charge is 0.478 e. The highest BCUT2D eigenvalue weighted by atomic mass is 16.4. The molecular formula is C12H14N2O3. The standard InChI is InChI=1S/C12H14N2O3/c1-8(11(15)16)9(2)13-12(17)14-10-6-4-3-5-7-10/h3-7,9H,1H2,2H3,(H,15,16)(H2,13,14,17). The lowest BCUT2D eigenvalue weighted by Gasteiger charge is -2.14. The van der Waals surface area contributed by atoms with Gasteiger partial charge in [0.05, 0.1) is 11.6 Å². The van der Waals surface area contributed by atoms with Crippen LogP contribution in [0, 0.1) is 0 Å². The molecule has 0 spiro atoms. The highest BCUT2D eigenvalue weighted by Gasteiger charge is 2.15. The Bertz CT molecular complexity index is 429. The average Bonchev–Trinajstić information content (AvgIpc) is 2.28. The van der Waals surface area contributed by atoms with Crippen molar-refractivity contribution in [2.45, 2.75) is 13.0 Å². The molecule has 5 heteroatoms. The van der Waals surface area contributed by atoms with Gasteiger partial charge < -0.3 is 15.7 Å². The Morgan fingerprint density at radius 2 is 1.88 bits per heavy atom. The van der Waals surface area contributed by atoms with Crippen LogP contribution >= 0.6 is 0 Å². The number of rotatable bonds is 4. The summed E-state index contributed by atoms with van der Waals surface area (Å²) in [5, 5.41) is 13.7. The first-order valence-corrected chi connectivity index (χ1v) is 5.05. The Morgan fingerprint density at radius 1 is 1.29 bits per heavy atom. The fourth-order valence-corrected chi connectivity index (χ4v) is 1.16. The molecule has 1 atom stereocenters. The lowest BCUT2D eigenvalue weighted by atomic mass is 10.1. The molecule has 0 aliphatic rings. The quantitative estimate of drug-likeness (QED) is 0.695. The maximum atomic E-state index is 11.5. The zero-order chi connectivity index (χ0) is 12.8. The fraction of sp³-hybridized carbons (Fsp3) is 0.167. The summed E-state index contributed by atoms with van der Waals surface area (Å²) in [6, 6.07) is 7.77. The summed E-state index contributed by atoms with van der Waals surface area (Å²) in [5.74, 6) is -1.13. The van der Waals surface area contributed by atoms with Gasteiger partial charge in [-0.2, -0.15) is 0 Å². The van der Waals surface area contributed by atoms with Gasteiger partial charge in [-0.05, 0) is 19.1 Å². The van der Waals surface area contributed by atoms with Crippen LogP contribution in [0.4, 0.5) is 10.5 Å². The van der Waals surface area contributed by atoms with Crippen LogP contribution in [0.1, 0.15) is 6.92 Å². The van der Waals surface area contributed by atoms with Crippen LogP contribution in [0.3, 0.4) is 0 Å². The number of urea groups is 1. The third-order valence-corrected chi connectivity index (χ3v) is 2.18. The van der Waals surface area contributed by atoms with E-state index >= 15 is 0 Å². The number of aliphatic carboxylic acids is 1. The summed E-state index contributed by atoms with van der Waals surface area (Å²) in [7, 11) is 0. The van der Waals surface area contributed by atoms with E-state index in [1.807, 2.05) is 6.07 Å². The second kappa shape index (κ2) is 5.69. The van der Waals surface area contributed by atoms with Crippen molar-refractivity contribution in [2.24, 2.45) is 0 Å². The van der Waals surface area contributed by atoms with E-state index in [9.17, 15) is 9.59 Å². The van der Waals surface area contributed by atoms with Gasteiger partial charge in [-0.3, -0.25) is 0 Å². The molecule has 0 saturated carbocycles. The molecule has 1 unspecified atom stereocenters. The molecule has 1 aromatic carbocycles. The molecule has 17 heavy (non-hydrogen) atoms. The predicted molar refractivity (Wildman–Crippen MR) is 64.8 cm³/mol. The van der Waals surface area contributed by atoms with E-state index in [4.69, 9.17) is 5.11 Å². The predicted octanol–water partition coefficient (Wildman–Crippen LogP) is 1.84. The van der Waals surface area contributed by atoms with Gasteiger partial charge in [-0.1, -0.05) is 24.8 Å². The molecule has 5 nitrogen and oxygen atoms in total. The molecule has 0 aliphatic heterocycles. The van der Waals surface area contributed by atoms with E-state index < -0.39 is 18.0 Å². The minimum atomic E-state index is -1.13. The number of anilines is 1. The molecular weight excluding hydrogens is 220 g/mol. The van der Waals surface area contributed by atoms with Crippen molar-refractivity contribution in [3.8, 4) is 0 Å². The smallest absolute Gasteiger partial charge is 0.333 e. The number of para-hydroxylation sites is 1. The highest BCUT2D eigenvalue weighted by Crippen LogP contribution is 2.05. The fourth-order valence-electron chi connectivity index (χ4n) is 1.16. The molecule has 0 aliphatic carbocycles. The monoisotopic (exact) mass is 234 g/mol. The Morgan fingerprint density at radius 3 is 2.41 bits per heavy atom. The summed E-state index contributed by atoms with van der Waals surface area (Å²) in [4.78, 5) is 22.1. The van der Waals surface area contributed by atoms with Gasteiger partial charge in [-0.25, -0.2) is 9.59 Å². The minimum absolute atomic E-state index is 0.0618. The number of carbonyl (C=O) groups is 2. The molecule has 0 heterocycles. The maximum Gasteiger partial charge on any atom is 0.333 e. The number of carboxylic acids is 1. The van der Waals surface area contributed by atoms with Crippen LogP contribution in [0.25, 0.3) is 0 Å². The lowest BCUT2D eigenvalue weighted by Crippen LogP contribution is -2.38. The van der Waals surface area contributed by atoms with Crippen molar-refractivity contribution in [1.82, 2.24) is 5.32 Å². The van der Waals surface area contributed by atoms with Crippen molar-refractivity contribution < 1.29 is 14.7 Å². The van der Waals surface area contributed by atoms with E-state index in [1.165, 1.54) is 0 Å². The topological polar surface area (TPSA) is 78.4 Å². The van der Waals surface area contributed by atoms with Crippen LogP contribution in [0.2, 0.25) is 0 Å². The van der Waals surface area contributed by atoms with Crippen LogP contribution in [-0.2, 0) is 4.79 Å². The Labute approximate surface area is 99.1 Å². The zero-order valence-electron chi connectivity index (χ0n) is 9.43. The highest BCUT2D eigenvalue weighted by molar-refractivity contribution is 5.92. The number of amides is 2. The molecule has 1 rings (SSSR count). The number of carboxylic acid groups (broad SMARTS) is 1. The summed E-state index contributed by atoms with van der Waals surface area (Å²) in [6.45, 7) is 4.93. The van der Waals surface area contributed by atoms with Crippen molar-refractivity contribution in [3.05, 3.63) is 42.5 Å². The molecule has 0 radical (unpaired) electrons. The lowest BCUT2D eigenvalue weighted by molar-refractivity contribution is -0.132. The van der Waals surface area contributed by atoms with Gasteiger partial charge >= 0.3 is 12.0 Å². The summed E-state index contributed by atoms with van der Waals surface area (Å²) in [5.41, 5.74) is 0.575. The molecule has 0 saturated heterocycles. The molecule has 1 aromatic rings. The number of nitrogens with one attached hydrogen (secondary N) is 2. The third kappa shape index (κ3) is 3.98. The van der Waals surface area contributed by atoms with Crippen LogP contribution in [-0.4, -0.2) is 23.1 Å². The maximum absolute atomic E-state index is 11.5. The first-order chi connectivity index (χ1) is 8.00. The van der Waals surface area contributed by atoms with Gasteiger partial charge in [0.1, 0.15) is 0 Å². The van der Waals surface area contributed by atoms with Crippen molar-refractivity contribution in [2.75, 3.05) is 5.32 Å². The summed E-state index contributed by atoms with van der Waals surface area (Å²) < 4.78 is 0. The van der Waals surface area contributed by atoms with Crippen molar-refractivity contribution in [1.29, 1.82) is 0 Å². The van der Waals surface area contributed by atoms with Crippen molar-refractivity contribution in [3.63, 3.8) is 0 Å². The van der Waals surface area contributed by atoms with E-state index in [0.29, 0.717) is 5.69 Å². The first kappa shape index (κ1) is 12.8. The molecule has 90 valence electrons. The molecule has 3 N–H and O–H groups in total. The molecule has 0 aromatic heterocycles.